The van der Waals surface area contributed by atoms with Gasteiger partial charge in [0, 0.05) is 12.4 Å². The van der Waals surface area contributed by atoms with Crippen molar-refractivity contribution in [3.8, 4) is 0 Å². The number of aromatic nitrogens is 1. The van der Waals surface area contributed by atoms with Crippen molar-refractivity contribution in [3.05, 3.63) is 35.0 Å². The molecule has 0 radical (unpaired) electrons. The normalized spacial score (nSPS) is 17.6. The second-order valence-corrected chi connectivity index (χ2v) is 4.51. The van der Waals surface area contributed by atoms with Gasteiger partial charge in [-0.25, -0.2) is 0 Å². The Morgan fingerprint density at radius 2 is 2.28 bits per heavy atom. The lowest BCUT2D eigenvalue weighted by Gasteiger charge is -2.08. The molecule has 0 spiro atoms. The van der Waals surface area contributed by atoms with E-state index < -0.39 is 23.6 Å². The number of nitrogens with zero attached hydrogens (tertiary/aromatic N) is 2. The third-order valence-corrected chi connectivity index (χ3v) is 3.08. The number of pyridine rings is 1. The zero-order valence-corrected chi connectivity index (χ0v) is 10.0. The van der Waals surface area contributed by atoms with Crippen LogP contribution in [0.1, 0.15) is 5.56 Å². The van der Waals surface area contributed by atoms with E-state index in [9.17, 15) is 14.4 Å². The summed E-state index contributed by atoms with van der Waals surface area (Å²) in [4.78, 5) is 39.1. The highest BCUT2D eigenvalue weighted by atomic mass is 32.2. The molecule has 0 bridgehead atoms. The third kappa shape index (κ3) is 2.57. The summed E-state index contributed by atoms with van der Waals surface area (Å²) in [6.07, 6.45) is 4.73. The van der Waals surface area contributed by atoms with Crippen molar-refractivity contribution in [2.75, 3.05) is 6.54 Å². The molecule has 6 nitrogen and oxygen atoms in total. The van der Waals surface area contributed by atoms with Crippen LogP contribution in [-0.4, -0.2) is 33.5 Å². The van der Waals surface area contributed by atoms with Gasteiger partial charge in [0.2, 0.25) is 5.91 Å². The lowest BCUT2D eigenvalue weighted by molar-refractivity contribution is -0.127. The molecular formula is C11H9N3O3S. The predicted molar refractivity (Wildman–Crippen MR) is 66.1 cm³/mol. The highest BCUT2D eigenvalue weighted by Gasteiger charge is 2.35. The Labute approximate surface area is 107 Å². The molecule has 2 N–H and O–H groups in total. The highest BCUT2D eigenvalue weighted by Crippen LogP contribution is 2.31. The maximum atomic E-state index is 11.8. The summed E-state index contributed by atoms with van der Waals surface area (Å²) in [7, 11) is 0. The fraction of sp³-hybridized carbons (Fsp3) is 0.0909. The molecule has 0 unspecified atom stereocenters. The molecule has 1 aliphatic rings. The molecule has 1 fully saturated rings. The molecule has 7 heteroatoms. The van der Waals surface area contributed by atoms with E-state index in [0.717, 1.165) is 16.7 Å². The van der Waals surface area contributed by atoms with Crippen molar-refractivity contribution in [1.29, 1.82) is 0 Å². The predicted octanol–water partition coefficient (Wildman–Crippen LogP) is 0.603. The Morgan fingerprint density at radius 1 is 1.50 bits per heavy atom. The average molecular weight is 263 g/mol. The molecule has 3 amide bonds. The zero-order chi connectivity index (χ0) is 13.1. The first-order valence-corrected chi connectivity index (χ1v) is 5.83. The van der Waals surface area contributed by atoms with Gasteiger partial charge in [0.1, 0.15) is 6.54 Å². The number of thioether (sulfide) groups is 1. The largest absolute Gasteiger partial charge is 0.368 e. The summed E-state index contributed by atoms with van der Waals surface area (Å²) in [5.74, 6) is -1.23. The van der Waals surface area contributed by atoms with Crippen LogP contribution in [0.15, 0.2) is 29.4 Å². The van der Waals surface area contributed by atoms with Gasteiger partial charge >= 0.3 is 0 Å². The van der Waals surface area contributed by atoms with Crippen molar-refractivity contribution in [1.82, 2.24) is 9.88 Å². The van der Waals surface area contributed by atoms with Gasteiger partial charge in [-0.15, -0.1) is 0 Å². The van der Waals surface area contributed by atoms with Crippen LogP contribution in [0, 0.1) is 0 Å². The lowest BCUT2D eigenvalue weighted by atomic mass is 10.2. The number of carbonyl (C=O) groups is 3. The summed E-state index contributed by atoms with van der Waals surface area (Å²) in [5.41, 5.74) is 5.68. The Balaban J connectivity index is 2.23. The van der Waals surface area contributed by atoms with Gasteiger partial charge in [0.05, 0.1) is 4.91 Å². The van der Waals surface area contributed by atoms with Gasteiger partial charge in [-0.3, -0.25) is 24.3 Å². The standard InChI is InChI=1S/C11H9N3O3S/c12-9(15)6-14-10(16)8(18-11(14)17)4-7-2-1-3-13-5-7/h1-5H,6H2,(H2,12,15)/b8-4-. The number of hydrogen-bond donors (Lipinski definition) is 1. The van der Waals surface area contributed by atoms with Crippen molar-refractivity contribution in [2.24, 2.45) is 5.73 Å². The number of hydrogen-bond acceptors (Lipinski definition) is 5. The van der Waals surface area contributed by atoms with Gasteiger partial charge < -0.3 is 5.73 Å². The fourth-order valence-electron chi connectivity index (χ4n) is 1.40. The minimum absolute atomic E-state index is 0.259. The molecule has 0 saturated carbocycles. The Bertz CT molecular complexity index is 542. The Morgan fingerprint density at radius 3 is 2.89 bits per heavy atom. The van der Waals surface area contributed by atoms with Crippen molar-refractivity contribution in [2.45, 2.75) is 0 Å². The molecule has 0 atom stereocenters. The summed E-state index contributed by atoms with van der Waals surface area (Å²) < 4.78 is 0. The molecule has 18 heavy (non-hydrogen) atoms. The van der Waals surface area contributed by atoms with Crippen LogP contribution in [0.25, 0.3) is 6.08 Å². The summed E-state index contributed by atoms with van der Waals surface area (Å²) >= 11 is 0.782. The molecule has 1 aliphatic heterocycles. The topological polar surface area (TPSA) is 93.4 Å². The smallest absolute Gasteiger partial charge is 0.294 e. The van der Waals surface area contributed by atoms with Crippen LogP contribution in [0.4, 0.5) is 4.79 Å². The zero-order valence-electron chi connectivity index (χ0n) is 9.20. The SMILES string of the molecule is NC(=O)CN1C(=O)S/C(=C\c2cccnc2)C1=O. The van der Waals surface area contributed by atoms with Crippen LogP contribution in [-0.2, 0) is 9.59 Å². The molecule has 0 aliphatic carbocycles. The quantitative estimate of drug-likeness (QED) is 0.806. The first kappa shape index (κ1) is 12.3. The minimum Gasteiger partial charge on any atom is -0.368 e. The molecule has 0 aromatic carbocycles. The molecule has 1 saturated heterocycles. The van der Waals surface area contributed by atoms with E-state index in [-0.39, 0.29) is 4.91 Å². The molecule has 92 valence electrons. The average Bonchev–Trinajstić information content (AvgIpc) is 2.58. The van der Waals surface area contributed by atoms with Gasteiger partial charge in [0.15, 0.2) is 0 Å². The van der Waals surface area contributed by atoms with E-state index >= 15 is 0 Å². The number of carbonyl (C=O) groups excluding carboxylic acids is 3. The van der Waals surface area contributed by atoms with Gasteiger partial charge in [-0.05, 0) is 29.5 Å². The summed E-state index contributed by atoms with van der Waals surface area (Å²) in [6.45, 7) is -0.394. The number of primary amides is 1. The first-order valence-electron chi connectivity index (χ1n) is 5.01. The van der Waals surface area contributed by atoms with Crippen LogP contribution in [0.5, 0.6) is 0 Å². The second kappa shape index (κ2) is 5.01. The van der Waals surface area contributed by atoms with E-state index in [0.29, 0.717) is 5.56 Å². The Kier molecular flexibility index (Phi) is 3.42. The van der Waals surface area contributed by atoms with Crippen LogP contribution in [0.2, 0.25) is 0 Å². The first-order chi connectivity index (χ1) is 8.58. The van der Waals surface area contributed by atoms with Gasteiger partial charge in [0.25, 0.3) is 11.1 Å². The summed E-state index contributed by atoms with van der Waals surface area (Å²) in [5, 5.41) is -0.492. The van der Waals surface area contributed by atoms with Crippen LogP contribution >= 0.6 is 11.8 Å². The molecule has 1 aromatic heterocycles. The third-order valence-electron chi connectivity index (χ3n) is 2.17. The lowest BCUT2D eigenvalue weighted by Crippen LogP contribution is -2.36. The monoisotopic (exact) mass is 263 g/mol. The van der Waals surface area contributed by atoms with E-state index in [1.165, 1.54) is 0 Å². The Hall–Kier alpha value is -2.15. The number of imide groups is 1. The van der Waals surface area contributed by atoms with E-state index in [1.807, 2.05) is 0 Å². The van der Waals surface area contributed by atoms with E-state index in [4.69, 9.17) is 5.73 Å². The van der Waals surface area contributed by atoms with Gasteiger partial charge in [-0.1, -0.05) is 6.07 Å². The molecular weight excluding hydrogens is 254 g/mol. The van der Waals surface area contributed by atoms with Crippen molar-refractivity contribution < 1.29 is 14.4 Å². The van der Waals surface area contributed by atoms with Crippen molar-refractivity contribution in [3.63, 3.8) is 0 Å². The molecule has 2 heterocycles. The number of rotatable bonds is 3. The van der Waals surface area contributed by atoms with Crippen LogP contribution in [0.3, 0.4) is 0 Å². The number of nitrogens with two attached hydrogens (primary N) is 1. The summed E-state index contributed by atoms with van der Waals surface area (Å²) in [6, 6.07) is 3.48. The van der Waals surface area contributed by atoms with E-state index in [1.54, 1.807) is 30.6 Å². The second-order valence-electron chi connectivity index (χ2n) is 3.52. The van der Waals surface area contributed by atoms with E-state index in [2.05, 4.69) is 4.98 Å². The highest BCUT2D eigenvalue weighted by molar-refractivity contribution is 8.18. The maximum absolute atomic E-state index is 11.8. The van der Waals surface area contributed by atoms with Crippen molar-refractivity contribution >= 4 is 34.9 Å². The molecule has 2 rings (SSSR count). The number of amides is 3. The minimum atomic E-state index is -0.722. The van der Waals surface area contributed by atoms with Gasteiger partial charge in [-0.2, -0.15) is 0 Å². The fourth-order valence-corrected chi connectivity index (χ4v) is 2.24. The molecule has 1 aromatic rings. The van der Waals surface area contributed by atoms with Crippen LogP contribution < -0.4 is 5.73 Å². The maximum Gasteiger partial charge on any atom is 0.294 e.